The Kier molecular flexibility index (Phi) is 7.29. The molecular weight excluding hydrogens is 268 g/mol. The lowest BCUT2D eigenvalue weighted by atomic mass is 9.71. The number of hydrogen-bond donors (Lipinski definition) is 0. The fourth-order valence-electron chi connectivity index (χ4n) is 3.98. The van der Waals surface area contributed by atoms with Crippen molar-refractivity contribution < 1.29 is 4.74 Å². The molecule has 0 heterocycles. The van der Waals surface area contributed by atoms with Crippen molar-refractivity contribution in [3.63, 3.8) is 0 Å². The lowest BCUT2D eigenvalue weighted by molar-refractivity contribution is 0.232. The van der Waals surface area contributed by atoms with Crippen LogP contribution in [0.4, 0.5) is 0 Å². The topological polar surface area (TPSA) is 9.23 Å². The second-order valence-corrected chi connectivity index (χ2v) is 7.18. The molecule has 0 aliphatic heterocycles. The average molecular weight is 303 g/mol. The molecule has 1 aliphatic carbocycles. The summed E-state index contributed by atoms with van der Waals surface area (Å²) in [6, 6.07) is 8.91. The van der Waals surface area contributed by atoms with Crippen LogP contribution in [0.25, 0.3) is 0 Å². The Morgan fingerprint density at radius 1 is 1.00 bits per heavy atom. The predicted octanol–water partition coefficient (Wildman–Crippen LogP) is 6.58. The maximum absolute atomic E-state index is 5.70. The quantitative estimate of drug-likeness (QED) is 0.493. The van der Waals surface area contributed by atoms with Crippen LogP contribution in [0, 0.1) is 11.8 Å². The lowest BCUT2D eigenvalue weighted by Gasteiger charge is -2.34. The monoisotopic (exact) mass is 302 g/mol. The van der Waals surface area contributed by atoms with Gasteiger partial charge in [0.25, 0.3) is 0 Å². The van der Waals surface area contributed by atoms with Crippen LogP contribution < -0.4 is 4.74 Å². The number of benzene rings is 1. The Morgan fingerprint density at radius 3 is 2.41 bits per heavy atom. The van der Waals surface area contributed by atoms with E-state index in [2.05, 4.69) is 45.0 Å². The fraction of sp³-hybridized carbons (Fsp3) is 0.714. The highest BCUT2D eigenvalue weighted by molar-refractivity contribution is 5.30. The summed E-state index contributed by atoms with van der Waals surface area (Å²) < 4.78 is 5.70. The molecule has 0 saturated heterocycles. The largest absolute Gasteiger partial charge is 0.494 e. The van der Waals surface area contributed by atoms with Gasteiger partial charge in [0.1, 0.15) is 5.75 Å². The minimum atomic E-state index is 0.752. The van der Waals surface area contributed by atoms with E-state index in [1.807, 2.05) is 0 Å². The van der Waals surface area contributed by atoms with Crippen LogP contribution in [0.15, 0.2) is 24.3 Å². The van der Waals surface area contributed by atoms with Crippen molar-refractivity contribution in [3.8, 4) is 5.75 Å². The van der Waals surface area contributed by atoms with Gasteiger partial charge in [-0.3, -0.25) is 0 Å². The van der Waals surface area contributed by atoms with E-state index in [-0.39, 0.29) is 0 Å². The van der Waals surface area contributed by atoms with Crippen molar-refractivity contribution in [1.29, 1.82) is 0 Å². The molecule has 3 atom stereocenters. The summed E-state index contributed by atoms with van der Waals surface area (Å²) in [7, 11) is 0. The van der Waals surface area contributed by atoms with Crippen LogP contribution >= 0.6 is 0 Å². The zero-order chi connectivity index (χ0) is 15.8. The first-order chi connectivity index (χ1) is 10.7. The van der Waals surface area contributed by atoms with Crippen LogP contribution in [0.2, 0.25) is 0 Å². The van der Waals surface area contributed by atoms with Crippen molar-refractivity contribution in [2.24, 2.45) is 11.8 Å². The standard InChI is InChI=1S/C21H34O/c1-4-6-7-8-18-9-14-21(17(3)16-18)19-10-12-20(13-11-19)22-15-5-2/h10-13,17-18,21H,4-9,14-16H2,1-3H3. The van der Waals surface area contributed by atoms with Crippen LogP contribution in [0.5, 0.6) is 5.75 Å². The van der Waals surface area contributed by atoms with Crippen LogP contribution in [-0.2, 0) is 0 Å². The second-order valence-electron chi connectivity index (χ2n) is 7.18. The summed E-state index contributed by atoms with van der Waals surface area (Å²) in [5.41, 5.74) is 1.52. The summed E-state index contributed by atoms with van der Waals surface area (Å²) in [5.74, 6) is 3.57. The Bertz CT molecular complexity index is 408. The molecule has 1 saturated carbocycles. The Hall–Kier alpha value is -0.980. The molecule has 0 aromatic heterocycles. The Balaban J connectivity index is 1.85. The molecule has 1 fully saturated rings. The molecule has 0 bridgehead atoms. The third kappa shape index (κ3) is 5.04. The first-order valence-corrected chi connectivity index (χ1v) is 9.47. The van der Waals surface area contributed by atoms with E-state index in [1.54, 1.807) is 0 Å². The molecule has 0 spiro atoms. The van der Waals surface area contributed by atoms with Crippen LogP contribution in [0.3, 0.4) is 0 Å². The third-order valence-electron chi connectivity index (χ3n) is 5.27. The lowest BCUT2D eigenvalue weighted by Crippen LogP contribution is -2.21. The molecule has 1 aromatic rings. The van der Waals surface area contributed by atoms with E-state index in [0.29, 0.717) is 0 Å². The molecule has 0 radical (unpaired) electrons. The van der Waals surface area contributed by atoms with Gasteiger partial charge in [0.2, 0.25) is 0 Å². The molecule has 0 amide bonds. The van der Waals surface area contributed by atoms with E-state index < -0.39 is 0 Å². The van der Waals surface area contributed by atoms with Gasteiger partial charge >= 0.3 is 0 Å². The minimum Gasteiger partial charge on any atom is -0.494 e. The van der Waals surface area contributed by atoms with Crippen LogP contribution in [0.1, 0.15) is 83.6 Å². The van der Waals surface area contributed by atoms with Gasteiger partial charge in [0.05, 0.1) is 6.61 Å². The molecule has 3 unspecified atom stereocenters. The smallest absolute Gasteiger partial charge is 0.119 e. The number of unbranched alkanes of at least 4 members (excludes halogenated alkanes) is 2. The highest BCUT2D eigenvalue weighted by atomic mass is 16.5. The maximum atomic E-state index is 5.70. The number of hydrogen-bond acceptors (Lipinski definition) is 1. The summed E-state index contributed by atoms with van der Waals surface area (Å²) in [5, 5.41) is 0. The van der Waals surface area contributed by atoms with E-state index >= 15 is 0 Å². The van der Waals surface area contributed by atoms with Crippen LogP contribution in [-0.4, -0.2) is 6.61 Å². The third-order valence-corrected chi connectivity index (χ3v) is 5.27. The van der Waals surface area contributed by atoms with Crippen molar-refractivity contribution in [2.45, 2.75) is 78.1 Å². The molecule has 124 valence electrons. The van der Waals surface area contributed by atoms with Gasteiger partial charge in [0, 0.05) is 0 Å². The summed E-state index contributed by atoms with van der Waals surface area (Å²) in [6.07, 6.45) is 10.9. The predicted molar refractivity (Wildman–Crippen MR) is 95.6 cm³/mol. The summed E-state index contributed by atoms with van der Waals surface area (Å²) in [4.78, 5) is 0. The normalized spacial score (nSPS) is 25.1. The van der Waals surface area contributed by atoms with Crippen molar-refractivity contribution >= 4 is 0 Å². The van der Waals surface area contributed by atoms with E-state index in [0.717, 1.165) is 36.5 Å². The summed E-state index contributed by atoms with van der Waals surface area (Å²) in [6.45, 7) is 7.72. The molecule has 1 heteroatoms. The molecule has 1 aromatic carbocycles. The van der Waals surface area contributed by atoms with Gasteiger partial charge in [0.15, 0.2) is 0 Å². The number of ether oxygens (including phenoxy) is 1. The Morgan fingerprint density at radius 2 is 1.77 bits per heavy atom. The van der Waals surface area contributed by atoms with E-state index in [9.17, 15) is 0 Å². The van der Waals surface area contributed by atoms with Gasteiger partial charge in [-0.1, -0.05) is 58.6 Å². The summed E-state index contributed by atoms with van der Waals surface area (Å²) >= 11 is 0. The molecule has 0 N–H and O–H groups in total. The van der Waals surface area contributed by atoms with Crippen molar-refractivity contribution in [1.82, 2.24) is 0 Å². The second kappa shape index (κ2) is 9.22. The van der Waals surface area contributed by atoms with Gasteiger partial charge in [-0.15, -0.1) is 0 Å². The number of rotatable bonds is 8. The molecule has 1 nitrogen and oxygen atoms in total. The Labute approximate surface area is 137 Å². The highest BCUT2D eigenvalue weighted by Crippen LogP contribution is 2.42. The SMILES string of the molecule is CCCCCC1CCC(c2ccc(OCCC)cc2)C(C)C1. The van der Waals surface area contributed by atoms with Gasteiger partial charge in [-0.05, 0) is 61.1 Å². The average Bonchev–Trinajstić information content (AvgIpc) is 2.54. The molecule has 1 aliphatic rings. The van der Waals surface area contributed by atoms with Crippen molar-refractivity contribution in [2.75, 3.05) is 6.61 Å². The first-order valence-electron chi connectivity index (χ1n) is 9.47. The molecule has 22 heavy (non-hydrogen) atoms. The van der Waals surface area contributed by atoms with E-state index in [4.69, 9.17) is 4.74 Å². The molecule has 2 rings (SSSR count). The molecular formula is C21H34O. The maximum Gasteiger partial charge on any atom is 0.119 e. The minimum absolute atomic E-state index is 0.752. The zero-order valence-corrected chi connectivity index (χ0v) is 14.8. The zero-order valence-electron chi connectivity index (χ0n) is 14.8. The van der Waals surface area contributed by atoms with Gasteiger partial charge in [-0.2, -0.15) is 0 Å². The highest BCUT2D eigenvalue weighted by Gasteiger charge is 2.28. The fourth-order valence-corrected chi connectivity index (χ4v) is 3.98. The van der Waals surface area contributed by atoms with Crippen molar-refractivity contribution in [3.05, 3.63) is 29.8 Å². The first kappa shape index (κ1) is 17.4. The van der Waals surface area contributed by atoms with E-state index in [1.165, 1.54) is 50.5 Å². The van der Waals surface area contributed by atoms with Gasteiger partial charge < -0.3 is 4.74 Å². The van der Waals surface area contributed by atoms with Gasteiger partial charge in [-0.25, -0.2) is 0 Å².